The van der Waals surface area contributed by atoms with Crippen LogP contribution in [0.3, 0.4) is 0 Å². The first-order chi connectivity index (χ1) is 13.5. The topological polar surface area (TPSA) is 76.6 Å². The third-order valence-electron chi connectivity index (χ3n) is 4.46. The number of carbonyl (C=O) groups is 1. The van der Waals surface area contributed by atoms with Crippen molar-refractivity contribution in [2.45, 2.75) is 6.92 Å². The molecular formula is C19H19IN4O3S. The number of pyridine rings is 1. The van der Waals surface area contributed by atoms with Gasteiger partial charge in [0.1, 0.15) is 15.0 Å². The van der Waals surface area contributed by atoms with E-state index in [0.29, 0.717) is 29.7 Å². The Morgan fingerprint density at radius 3 is 2.79 bits per heavy atom. The number of thiazole rings is 1. The Morgan fingerprint density at radius 1 is 1.29 bits per heavy atom. The summed E-state index contributed by atoms with van der Waals surface area (Å²) >= 11 is 3.56. The highest BCUT2D eigenvalue weighted by Crippen LogP contribution is 2.39. The maximum Gasteiger partial charge on any atom is 0.257 e. The van der Waals surface area contributed by atoms with Gasteiger partial charge < -0.3 is 14.4 Å². The first-order valence-corrected chi connectivity index (χ1v) is 10.7. The zero-order valence-electron chi connectivity index (χ0n) is 15.5. The highest BCUT2D eigenvalue weighted by atomic mass is 127. The van der Waals surface area contributed by atoms with Gasteiger partial charge in [0.2, 0.25) is 0 Å². The van der Waals surface area contributed by atoms with Crippen LogP contribution in [0.25, 0.3) is 10.2 Å². The first kappa shape index (κ1) is 19.3. The van der Waals surface area contributed by atoms with Gasteiger partial charge in [-0.05, 0) is 53.8 Å². The van der Waals surface area contributed by atoms with Gasteiger partial charge in [-0.2, -0.15) is 0 Å². The Morgan fingerprint density at radius 2 is 2.07 bits per heavy atom. The lowest BCUT2D eigenvalue weighted by Gasteiger charge is -2.29. The van der Waals surface area contributed by atoms with Gasteiger partial charge in [-0.1, -0.05) is 11.3 Å². The minimum atomic E-state index is -0.200. The fourth-order valence-corrected chi connectivity index (χ4v) is 4.90. The number of anilines is 2. The predicted octanol–water partition coefficient (Wildman–Crippen LogP) is 3.70. The van der Waals surface area contributed by atoms with E-state index in [1.807, 2.05) is 19.1 Å². The number of methoxy groups -OCH3 is 1. The van der Waals surface area contributed by atoms with E-state index in [4.69, 9.17) is 9.47 Å². The average molecular weight is 510 g/mol. The van der Waals surface area contributed by atoms with Crippen LogP contribution in [0.15, 0.2) is 24.3 Å². The van der Waals surface area contributed by atoms with Gasteiger partial charge in [0.05, 0.1) is 30.7 Å². The molecule has 0 aliphatic carbocycles. The molecule has 1 N–H and O–H groups in total. The van der Waals surface area contributed by atoms with Gasteiger partial charge in [-0.25, -0.2) is 9.97 Å². The molecule has 1 saturated heterocycles. The van der Waals surface area contributed by atoms with Crippen LogP contribution in [0.5, 0.6) is 5.75 Å². The van der Waals surface area contributed by atoms with Crippen molar-refractivity contribution in [3.8, 4) is 5.75 Å². The molecule has 0 unspecified atom stereocenters. The SMILES string of the molecule is COc1ccc(N2CCOCC2)c2sc(NC(=O)c3cc(C)nc(I)c3)nc12. The monoisotopic (exact) mass is 510 g/mol. The smallest absolute Gasteiger partial charge is 0.257 e. The van der Waals surface area contributed by atoms with E-state index in [9.17, 15) is 4.79 Å². The molecule has 1 amide bonds. The van der Waals surface area contributed by atoms with Crippen molar-refractivity contribution in [1.82, 2.24) is 9.97 Å². The van der Waals surface area contributed by atoms with Crippen molar-refractivity contribution in [1.29, 1.82) is 0 Å². The van der Waals surface area contributed by atoms with E-state index in [2.05, 4.69) is 42.8 Å². The summed E-state index contributed by atoms with van der Waals surface area (Å²) in [7, 11) is 1.63. The number of aryl methyl sites for hydroxylation is 1. The summed E-state index contributed by atoms with van der Waals surface area (Å²) in [6, 6.07) is 7.50. The third-order valence-corrected chi connectivity index (χ3v) is 6.01. The zero-order valence-corrected chi connectivity index (χ0v) is 18.5. The minimum Gasteiger partial charge on any atom is -0.494 e. The van der Waals surface area contributed by atoms with E-state index < -0.39 is 0 Å². The molecule has 1 aromatic carbocycles. The summed E-state index contributed by atoms with van der Waals surface area (Å²) in [5, 5.41) is 3.47. The molecule has 1 fully saturated rings. The Kier molecular flexibility index (Phi) is 5.65. The van der Waals surface area contributed by atoms with Crippen LogP contribution in [-0.4, -0.2) is 49.3 Å². The minimum absolute atomic E-state index is 0.200. The fraction of sp³-hybridized carbons (Fsp3) is 0.316. The molecule has 0 atom stereocenters. The maximum absolute atomic E-state index is 12.7. The van der Waals surface area contributed by atoms with Crippen LogP contribution in [0.4, 0.5) is 10.8 Å². The number of rotatable bonds is 4. The second kappa shape index (κ2) is 8.18. The van der Waals surface area contributed by atoms with Crippen molar-refractivity contribution in [2.75, 3.05) is 43.6 Å². The molecule has 4 rings (SSSR count). The maximum atomic E-state index is 12.7. The lowest BCUT2D eigenvalue weighted by molar-refractivity contribution is 0.102. The number of morpholine rings is 1. The van der Waals surface area contributed by atoms with Crippen LogP contribution in [0.1, 0.15) is 16.1 Å². The fourth-order valence-electron chi connectivity index (χ4n) is 3.17. The van der Waals surface area contributed by atoms with Gasteiger partial charge in [-0.3, -0.25) is 10.1 Å². The number of hydrogen-bond donors (Lipinski definition) is 1. The zero-order chi connectivity index (χ0) is 19.7. The van der Waals surface area contributed by atoms with Crippen LogP contribution in [0.2, 0.25) is 0 Å². The van der Waals surface area contributed by atoms with Gasteiger partial charge in [0.25, 0.3) is 5.91 Å². The van der Waals surface area contributed by atoms with Crippen molar-refractivity contribution < 1.29 is 14.3 Å². The molecule has 3 aromatic rings. The van der Waals surface area contributed by atoms with Crippen molar-refractivity contribution in [2.24, 2.45) is 0 Å². The second-order valence-electron chi connectivity index (χ2n) is 6.36. The molecule has 1 aliphatic rings. The molecule has 0 bridgehead atoms. The molecular weight excluding hydrogens is 491 g/mol. The third kappa shape index (κ3) is 3.91. The predicted molar refractivity (Wildman–Crippen MR) is 119 cm³/mol. The Hall–Kier alpha value is -1.98. The number of benzene rings is 1. The summed E-state index contributed by atoms with van der Waals surface area (Å²) in [6.45, 7) is 4.94. The van der Waals surface area contributed by atoms with E-state index in [-0.39, 0.29) is 5.91 Å². The van der Waals surface area contributed by atoms with Crippen LogP contribution in [-0.2, 0) is 4.74 Å². The number of halogens is 1. The lowest BCUT2D eigenvalue weighted by atomic mass is 10.2. The normalized spacial score (nSPS) is 14.3. The van der Waals surface area contributed by atoms with Gasteiger partial charge in [0, 0.05) is 24.3 Å². The number of nitrogens with one attached hydrogen (secondary N) is 1. The largest absolute Gasteiger partial charge is 0.494 e. The van der Waals surface area contributed by atoms with Crippen molar-refractivity contribution in [3.63, 3.8) is 0 Å². The van der Waals surface area contributed by atoms with E-state index in [1.54, 1.807) is 19.2 Å². The highest BCUT2D eigenvalue weighted by molar-refractivity contribution is 14.1. The summed E-state index contributed by atoms with van der Waals surface area (Å²) in [6.07, 6.45) is 0. The van der Waals surface area contributed by atoms with Crippen LogP contribution in [0, 0.1) is 10.6 Å². The average Bonchev–Trinajstić information content (AvgIpc) is 3.10. The van der Waals surface area contributed by atoms with Gasteiger partial charge in [0.15, 0.2) is 5.13 Å². The highest BCUT2D eigenvalue weighted by Gasteiger charge is 2.20. The quantitative estimate of drug-likeness (QED) is 0.426. The number of hydrogen-bond acceptors (Lipinski definition) is 7. The summed E-state index contributed by atoms with van der Waals surface area (Å²) < 4.78 is 12.7. The lowest BCUT2D eigenvalue weighted by Crippen LogP contribution is -2.36. The number of nitrogens with zero attached hydrogens (tertiary/aromatic N) is 3. The molecule has 1 aliphatic heterocycles. The summed E-state index contributed by atoms with van der Waals surface area (Å²) in [5.41, 5.74) is 3.22. The number of fused-ring (bicyclic) bond motifs is 1. The number of carbonyl (C=O) groups excluding carboxylic acids is 1. The standard InChI is InChI=1S/C19H19IN4O3S/c1-11-9-12(10-15(20)21-11)18(25)23-19-22-16-14(26-2)4-3-13(17(16)28-19)24-5-7-27-8-6-24/h3-4,9-10H,5-8H2,1-2H3,(H,22,23,25). The van der Waals surface area contributed by atoms with Gasteiger partial charge in [-0.15, -0.1) is 0 Å². The Labute approximate surface area is 180 Å². The Balaban J connectivity index is 1.68. The summed E-state index contributed by atoms with van der Waals surface area (Å²) in [5.74, 6) is 0.493. The number of amides is 1. The molecule has 0 radical (unpaired) electrons. The number of ether oxygens (including phenoxy) is 2. The van der Waals surface area contributed by atoms with Gasteiger partial charge >= 0.3 is 0 Å². The molecule has 7 nitrogen and oxygen atoms in total. The molecule has 146 valence electrons. The van der Waals surface area contributed by atoms with Crippen LogP contribution >= 0.6 is 33.9 Å². The molecule has 9 heteroatoms. The summed E-state index contributed by atoms with van der Waals surface area (Å²) in [4.78, 5) is 23.9. The number of aromatic nitrogens is 2. The van der Waals surface area contributed by atoms with Crippen molar-refractivity contribution >= 4 is 60.9 Å². The van der Waals surface area contributed by atoms with Crippen LogP contribution < -0.4 is 15.0 Å². The van der Waals surface area contributed by atoms with E-state index in [0.717, 1.165) is 38.4 Å². The van der Waals surface area contributed by atoms with E-state index >= 15 is 0 Å². The molecule has 2 aromatic heterocycles. The Bertz CT molecular complexity index is 1010. The first-order valence-electron chi connectivity index (χ1n) is 8.81. The molecule has 28 heavy (non-hydrogen) atoms. The molecule has 0 saturated carbocycles. The second-order valence-corrected chi connectivity index (χ2v) is 8.46. The molecule has 3 heterocycles. The van der Waals surface area contributed by atoms with Crippen molar-refractivity contribution in [3.05, 3.63) is 39.2 Å². The molecule has 0 spiro atoms. The van der Waals surface area contributed by atoms with E-state index in [1.165, 1.54) is 11.3 Å².